The van der Waals surface area contributed by atoms with Crippen LogP contribution in [0.25, 0.3) is 0 Å². The largest absolute Gasteiger partial charge is 0.384 e. The van der Waals surface area contributed by atoms with Crippen LogP contribution in [-0.2, 0) is 6.42 Å². The Balaban J connectivity index is 2.17. The van der Waals surface area contributed by atoms with Crippen molar-refractivity contribution in [2.24, 2.45) is 5.92 Å². The standard InChI is InChI=1S/C12H20N4/c1-3-9-5-6-16(8-9)12-7-10(13)14-11(4-2)15-12/h7,9H,3-6,8H2,1-2H3,(H2,13,14,15). The molecule has 0 amide bonds. The van der Waals surface area contributed by atoms with E-state index in [0.29, 0.717) is 5.82 Å². The van der Waals surface area contributed by atoms with E-state index in [2.05, 4.69) is 28.7 Å². The Morgan fingerprint density at radius 2 is 2.25 bits per heavy atom. The van der Waals surface area contributed by atoms with Crippen LogP contribution in [0, 0.1) is 5.92 Å². The highest BCUT2D eigenvalue weighted by atomic mass is 15.2. The summed E-state index contributed by atoms with van der Waals surface area (Å²) >= 11 is 0. The number of nitrogens with two attached hydrogens (primary N) is 1. The Morgan fingerprint density at radius 3 is 2.88 bits per heavy atom. The molecule has 4 heteroatoms. The zero-order valence-corrected chi connectivity index (χ0v) is 10.1. The highest BCUT2D eigenvalue weighted by Crippen LogP contribution is 2.24. The molecule has 0 saturated carbocycles. The van der Waals surface area contributed by atoms with Gasteiger partial charge < -0.3 is 10.6 Å². The summed E-state index contributed by atoms with van der Waals surface area (Å²) in [6.45, 7) is 6.51. The Hall–Kier alpha value is -1.32. The lowest BCUT2D eigenvalue weighted by atomic mass is 10.1. The first kappa shape index (κ1) is 11.2. The molecular weight excluding hydrogens is 200 g/mol. The van der Waals surface area contributed by atoms with E-state index >= 15 is 0 Å². The summed E-state index contributed by atoms with van der Waals surface area (Å²) < 4.78 is 0. The molecule has 16 heavy (non-hydrogen) atoms. The van der Waals surface area contributed by atoms with Crippen molar-refractivity contribution in [2.45, 2.75) is 33.1 Å². The van der Waals surface area contributed by atoms with Gasteiger partial charge in [-0.2, -0.15) is 0 Å². The van der Waals surface area contributed by atoms with Crippen LogP contribution in [-0.4, -0.2) is 23.1 Å². The summed E-state index contributed by atoms with van der Waals surface area (Å²) in [7, 11) is 0. The van der Waals surface area contributed by atoms with Crippen LogP contribution >= 0.6 is 0 Å². The minimum Gasteiger partial charge on any atom is -0.384 e. The number of aromatic nitrogens is 2. The van der Waals surface area contributed by atoms with E-state index in [-0.39, 0.29) is 0 Å². The molecule has 1 atom stereocenters. The molecule has 88 valence electrons. The van der Waals surface area contributed by atoms with Crippen LogP contribution < -0.4 is 10.6 Å². The Morgan fingerprint density at radius 1 is 1.44 bits per heavy atom. The van der Waals surface area contributed by atoms with Gasteiger partial charge in [0.15, 0.2) is 0 Å². The van der Waals surface area contributed by atoms with Crippen LogP contribution in [0.2, 0.25) is 0 Å². The number of anilines is 2. The zero-order valence-electron chi connectivity index (χ0n) is 10.1. The lowest BCUT2D eigenvalue weighted by molar-refractivity contribution is 0.568. The average molecular weight is 220 g/mol. The van der Waals surface area contributed by atoms with Gasteiger partial charge in [0.2, 0.25) is 0 Å². The molecule has 2 N–H and O–H groups in total. The topological polar surface area (TPSA) is 55.0 Å². The first-order chi connectivity index (χ1) is 7.72. The van der Waals surface area contributed by atoms with E-state index in [1.54, 1.807) is 0 Å². The minimum atomic E-state index is 0.585. The maximum absolute atomic E-state index is 5.79. The van der Waals surface area contributed by atoms with Gasteiger partial charge in [-0.15, -0.1) is 0 Å². The van der Waals surface area contributed by atoms with Crippen LogP contribution in [0.3, 0.4) is 0 Å². The van der Waals surface area contributed by atoms with Crippen molar-refractivity contribution in [2.75, 3.05) is 23.7 Å². The maximum Gasteiger partial charge on any atom is 0.134 e. The number of hydrogen-bond donors (Lipinski definition) is 1. The Labute approximate surface area is 96.9 Å². The number of nitrogen functional groups attached to an aromatic ring is 1. The predicted octanol–water partition coefficient (Wildman–Crippen LogP) is 1.86. The smallest absolute Gasteiger partial charge is 0.134 e. The van der Waals surface area contributed by atoms with E-state index in [9.17, 15) is 0 Å². The number of aryl methyl sites for hydroxylation is 1. The normalized spacial score (nSPS) is 20.4. The molecule has 1 aromatic rings. The quantitative estimate of drug-likeness (QED) is 0.844. The monoisotopic (exact) mass is 220 g/mol. The second-order valence-electron chi connectivity index (χ2n) is 4.43. The molecule has 2 heterocycles. The molecule has 0 bridgehead atoms. The van der Waals surface area contributed by atoms with Gasteiger partial charge in [-0.1, -0.05) is 20.3 Å². The first-order valence-corrected chi connectivity index (χ1v) is 6.11. The van der Waals surface area contributed by atoms with Crippen LogP contribution in [0.1, 0.15) is 32.5 Å². The molecule has 1 aromatic heterocycles. The minimum absolute atomic E-state index is 0.585. The van der Waals surface area contributed by atoms with Gasteiger partial charge in [0.05, 0.1) is 0 Å². The third-order valence-corrected chi connectivity index (χ3v) is 3.28. The van der Waals surface area contributed by atoms with Gasteiger partial charge in [-0.05, 0) is 12.3 Å². The van der Waals surface area contributed by atoms with Crippen molar-refractivity contribution >= 4 is 11.6 Å². The van der Waals surface area contributed by atoms with Crippen molar-refractivity contribution < 1.29 is 0 Å². The Bertz CT molecular complexity index is 364. The maximum atomic E-state index is 5.79. The zero-order chi connectivity index (χ0) is 11.5. The second-order valence-corrected chi connectivity index (χ2v) is 4.43. The molecule has 0 aliphatic carbocycles. The van der Waals surface area contributed by atoms with Crippen LogP contribution in [0.4, 0.5) is 11.6 Å². The van der Waals surface area contributed by atoms with E-state index in [1.165, 1.54) is 12.8 Å². The first-order valence-electron chi connectivity index (χ1n) is 6.11. The molecule has 1 aliphatic rings. The Kier molecular flexibility index (Phi) is 3.27. The van der Waals surface area contributed by atoms with Gasteiger partial charge in [0.25, 0.3) is 0 Å². The predicted molar refractivity (Wildman–Crippen MR) is 66.4 cm³/mol. The van der Waals surface area contributed by atoms with Gasteiger partial charge >= 0.3 is 0 Å². The van der Waals surface area contributed by atoms with Crippen molar-refractivity contribution in [1.29, 1.82) is 0 Å². The third-order valence-electron chi connectivity index (χ3n) is 3.28. The number of nitrogens with zero attached hydrogens (tertiary/aromatic N) is 3. The fourth-order valence-electron chi connectivity index (χ4n) is 2.20. The molecule has 1 saturated heterocycles. The van der Waals surface area contributed by atoms with E-state index in [1.807, 2.05) is 6.07 Å². The van der Waals surface area contributed by atoms with Gasteiger partial charge in [0.1, 0.15) is 17.5 Å². The molecule has 4 nitrogen and oxygen atoms in total. The molecule has 0 spiro atoms. The SMILES string of the molecule is CCc1nc(N)cc(N2CCC(CC)C2)n1. The molecule has 1 aliphatic heterocycles. The lowest BCUT2D eigenvalue weighted by Gasteiger charge is -2.18. The fourth-order valence-corrected chi connectivity index (χ4v) is 2.20. The summed E-state index contributed by atoms with van der Waals surface area (Å²) in [5, 5.41) is 0. The van der Waals surface area contributed by atoms with Crippen molar-refractivity contribution in [3.8, 4) is 0 Å². The molecule has 0 aromatic carbocycles. The van der Waals surface area contributed by atoms with Crippen molar-refractivity contribution in [3.05, 3.63) is 11.9 Å². The number of rotatable bonds is 3. The summed E-state index contributed by atoms with van der Waals surface area (Å²) in [5.74, 6) is 3.23. The summed E-state index contributed by atoms with van der Waals surface area (Å²) in [6, 6.07) is 1.89. The highest BCUT2D eigenvalue weighted by Gasteiger charge is 2.22. The molecule has 1 unspecified atom stereocenters. The molecule has 0 radical (unpaired) electrons. The summed E-state index contributed by atoms with van der Waals surface area (Å²) in [5.41, 5.74) is 5.79. The van der Waals surface area contributed by atoms with Gasteiger partial charge in [-0.3, -0.25) is 0 Å². The van der Waals surface area contributed by atoms with Gasteiger partial charge in [0, 0.05) is 25.6 Å². The van der Waals surface area contributed by atoms with Crippen molar-refractivity contribution in [3.63, 3.8) is 0 Å². The molecule has 1 fully saturated rings. The van der Waals surface area contributed by atoms with Crippen LogP contribution in [0.5, 0.6) is 0 Å². The van der Waals surface area contributed by atoms with Gasteiger partial charge in [-0.25, -0.2) is 9.97 Å². The summed E-state index contributed by atoms with van der Waals surface area (Å²) in [6.07, 6.45) is 3.35. The fraction of sp³-hybridized carbons (Fsp3) is 0.667. The van der Waals surface area contributed by atoms with E-state index in [4.69, 9.17) is 5.73 Å². The third kappa shape index (κ3) is 2.26. The molecular formula is C12H20N4. The van der Waals surface area contributed by atoms with E-state index in [0.717, 1.165) is 37.1 Å². The lowest BCUT2D eigenvalue weighted by Crippen LogP contribution is -2.21. The van der Waals surface area contributed by atoms with Crippen molar-refractivity contribution in [1.82, 2.24) is 9.97 Å². The number of hydrogen-bond acceptors (Lipinski definition) is 4. The molecule has 2 rings (SSSR count). The average Bonchev–Trinajstić information content (AvgIpc) is 2.76. The van der Waals surface area contributed by atoms with Crippen LogP contribution in [0.15, 0.2) is 6.07 Å². The summed E-state index contributed by atoms with van der Waals surface area (Å²) in [4.78, 5) is 11.1. The second kappa shape index (κ2) is 4.68. The highest BCUT2D eigenvalue weighted by molar-refractivity contribution is 5.47. The van der Waals surface area contributed by atoms with E-state index < -0.39 is 0 Å².